The number of rotatable bonds is 6. The van der Waals surface area contributed by atoms with Gasteiger partial charge in [-0.05, 0) is 13.8 Å². The Morgan fingerprint density at radius 1 is 1.30 bits per heavy atom. The monoisotopic (exact) mass is 352 g/mol. The van der Waals surface area contributed by atoms with Crippen molar-refractivity contribution < 1.29 is 51.8 Å². The molecule has 0 aromatic carbocycles. The van der Waals surface area contributed by atoms with E-state index in [1.165, 1.54) is 12.4 Å². The minimum atomic E-state index is -0.732. The molecule has 0 radical (unpaired) electrons. The van der Waals surface area contributed by atoms with Crippen LogP contribution >= 0.6 is 0 Å². The van der Waals surface area contributed by atoms with Gasteiger partial charge in [0.25, 0.3) is 0 Å². The fourth-order valence-electron chi connectivity index (χ4n) is 1.18. The van der Waals surface area contributed by atoms with Crippen LogP contribution in [0.5, 0.6) is 0 Å². The molecule has 20 heavy (non-hydrogen) atoms. The number of nitrogens with one attached hydrogen (secondary N) is 1. The summed E-state index contributed by atoms with van der Waals surface area (Å²) in [5, 5.41) is 2.78. The maximum Gasteiger partial charge on any atom is 3.00 e. The van der Waals surface area contributed by atoms with Crippen LogP contribution in [-0.2, 0) is 51.8 Å². The van der Waals surface area contributed by atoms with Gasteiger partial charge in [0.05, 0.1) is 13.2 Å². The quantitative estimate of drug-likeness (QED) is 0.273. The predicted molar refractivity (Wildman–Crippen MR) is 68.0 cm³/mol. The second-order valence-electron chi connectivity index (χ2n) is 3.32. The van der Waals surface area contributed by atoms with E-state index in [2.05, 4.69) is 16.5 Å². The normalized spacial score (nSPS) is 8.90. The van der Waals surface area contributed by atoms with E-state index in [0.717, 1.165) is 0 Å². The van der Waals surface area contributed by atoms with E-state index in [1.807, 2.05) is 0 Å². The zero-order valence-electron chi connectivity index (χ0n) is 11.4. The summed E-state index contributed by atoms with van der Waals surface area (Å²) in [6, 6.07) is 3.29. The third kappa shape index (κ3) is 6.26. The van der Waals surface area contributed by atoms with Crippen molar-refractivity contribution in [3.05, 3.63) is 36.3 Å². The number of pyridine rings is 1. The van der Waals surface area contributed by atoms with Crippen molar-refractivity contribution in [1.82, 2.24) is 4.98 Å². The molecular weight excluding hydrogens is 337 g/mol. The zero-order valence-corrected chi connectivity index (χ0v) is 14.2. The molecule has 0 aliphatic carbocycles. The minimum absolute atomic E-state index is 0. The van der Waals surface area contributed by atoms with Gasteiger partial charge in [-0.25, -0.2) is 9.59 Å². The molecule has 0 fully saturated rings. The number of carbonyl (C=O) groups is 2. The predicted octanol–water partition coefficient (Wildman–Crippen LogP) is 1.30. The molecule has 0 aliphatic heterocycles. The topological polar surface area (TPSA) is 77.5 Å². The van der Waals surface area contributed by atoms with E-state index >= 15 is 0 Å². The van der Waals surface area contributed by atoms with Gasteiger partial charge < -0.3 is 19.8 Å². The molecular formula is C13H15N2O4Y+2. The molecule has 7 heteroatoms. The molecule has 0 aliphatic rings. The second kappa shape index (κ2) is 10.5. The number of carbonyl (C=O) groups excluding carboxylic acids is 2. The van der Waals surface area contributed by atoms with Crippen molar-refractivity contribution >= 4 is 17.6 Å². The van der Waals surface area contributed by atoms with E-state index < -0.39 is 11.9 Å². The molecule has 1 aromatic rings. The van der Waals surface area contributed by atoms with Crippen molar-refractivity contribution in [1.29, 1.82) is 0 Å². The summed E-state index contributed by atoms with van der Waals surface area (Å²) in [6.07, 6.45) is 5.36. The summed E-state index contributed by atoms with van der Waals surface area (Å²) in [5.41, 5.74) is 0.418. The number of hydrogen-bond donors (Lipinski definition) is 1. The van der Waals surface area contributed by atoms with Crippen LogP contribution in [-0.4, -0.2) is 30.1 Å². The summed E-state index contributed by atoms with van der Waals surface area (Å²) in [6.45, 7) is 3.67. The molecule has 1 N–H and O–H groups in total. The summed E-state index contributed by atoms with van der Waals surface area (Å²) in [5.74, 6) is -1.46. The third-order valence-corrected chi connectivity index (χ3v) is 1.99. The maximum atomic E-state index is 11.6. The van der Waals surface area contributed by atoms with E-state index in [1.54, 1.807) is 26.0 Å². The van der Waals surface area contributed by atoms with Crippen molar-refractivity contribution in [2.75, 3.05) is 18.5 Å². The van der Waals surface area contributed by atoms with Crippen LogP contribution in [0, 0.1) is 6.20 Å². The van der Waals surface area contributed by atoms with Crippen molar-refractivity contribution in [2.45, 2.75) is 13.8 Å². The molecule has 0 amide bonds. The van der Waals surface area contributed by atoms with Gasteiger partial charge in [0.1, 0.15) is 0 Å². The van der Waals surface area contributed by atoms with Crippen LogP contribution in [0.1, 0.15) is 13.8 Å². The Labute approximate surface area is 142 Å². The number of aromatic nitrogens is 1. The summed E-state index contributed by atoms with van der Waals surface area (Å²) in [7, 11) is 0. The minimum Gasteiger partial charge on any atom is -0.462 e. The number of anilines is 1. The third-order valence-electron chi connectivity index (χ3n) is 1.99. The maximum absolute atomic E-state index is 11.6. The Bertz CT molecular complexity index is 443. The van der Waals surface area contributed by atoms with Crippen LogP contribution in [0.3, 0.4) is 0 Å². The molecule has 1 rings (SSSR count). The average Bonchev–Trinajstić information content (AvgIpc) is 2.41. The van der Waals surface area contributed by atoms with Crippen LogP contribution in [0.15, 0.2) is 30.1 Å². The molecule has 0 unspecified atom stereocenters. The summed E-state index contributed by atoms with van der Waals surface area (Å²) in [4.78, 5) is 27.0. The Kier molecular flexibility index (Phi) is 9.85. The van der Waals surface area contributed by atoms with Crippen molar-refractivity contribution in [2.24, 2.45) is 0 Å². The SMILES string of the molecule is CCOC(=O)C(=CNc1cc[c-]nc1)C(=O)OCC.[Y+3]. The molecule has 0 saturated carbocycles. The van der Waals surface area contributed by atoms with Gasteiger partial charge >= 0.3 is 44.6 Å². The fourth-order valence-corrected chi connectivity index (χ4v) is 1.18. The van der Waals surface area contributed by atoms with Crippen molar-refractivity contribution in [3.8, 4) is 0 Å². The largest absolute Gasteiger partial charge is 3.00 e. The fraction of sp³-hybridized carbons (Fsp3) is 0.308. The van der Waals surface area contributed by atoms with Gasteiger partial charge in [0, 0.05) is 6.20 Å². The van der Waals surface area contributed by atoms with Crippen molar-refractivity contribution in [3.63, 3.8) is 0 Å². The first-order valence-corrected chi connectivity index (χ1v) is 5.82. The van der Waals surface area contributed by atoms with Crippen LogP contribution < -0.4 is 5.32 Å². The van der Waals surface area contributed by atoms with Gasteiger partial charge in [-0.2, -0.15) is 6.07 Å². The number of nitrogens with zero attached hydrogens (tertiary/aromatic N) is 1. The van der Waals surface area contributed by atoms with Crippen LogP contribution in [0.4, 0.5) is 5.69 Å². The van der Waals surface area contributed by atoms with Crippen LogP contribution in [0.25, 0.3) is 0 Å². The Morgan fingerprint density at radius 3 is 2.35 bits per heavy atom. The van der Waals surface area contributed by atoms with E-state index in [-0.39, 0.29) is 51.5 Å². The molecule has 6 nitrogen and oxygen atoms in total. The first-order chi connectivity index (χ1) is 9.19. The smallest absolute Gasteiger partial charge is 0.462 e. The average molecular weight is 352 g/mol. The van der Waals surface area contributed by atoms with Gasteiger partial charge in [-0.15, -0.1) is 6.07 Å². The summed E-state index contributed by atoms with van der Waals surface area (Å²) < 4.78 is 9.58. The Balaban J connectivity index is 0.00000361. The first kappa shape index (κ1) is 18.7. The van der Waals surface area contributed by atoms with Gasteiger partial charge in [-0.3, -0.25) is 0 Å². The second-order valence-corrected chi connectivity index (χ2v) is 3.32. The molecule has 0 spiro atoms. The first-order valence-electron chi connectivity index (χ1n) is 5.82. The van der Waals surface area contributed by atoms with Gasteiger partial charge in [-0.1, -0.05) is 18.1 Å². The number of ether oxygens (including phenoxy) is 2. The van der Waals surface area contributed by atoms with Gasteiger partial charge in [0.2, 0.25) is 0 Å². The van der Waals surface area contributed by atoms with Gasteiger partial charge in [0.15, 0.2) is 5.57 Å². The van der Waals surface area contributed by atoms with E-state index in [0.29, 0.717) is 5.69 Å². The molecule has 0 saturated heterocycles. The molecule has 0 atom stereocenters. The summed E-state index contributed by atoms with van der Waals surface area (Å²) >= 11 is 0. The Morgan fingerprint density at radius 2 is 1.90 bits per heavy atom. The Hall–Kier alpha value is -1.27. The standard InChI is InChI=1S/C13H15N2O4.Y/c1-3-18-12(16)11(13(17)19-4-2)9-15-10-6-5-7-14-8-10;/h5-6,8-9,15H,3-4H2,1-2H3;/q-1;+3. The van der Waals surface area contributed by atoms with E-state index in [4.69, 9.17) is 9.47 Å². The number of esters is 2. The molecule has 1 heterocycles. The van der Waals surface area contributed by atoms with E-state index in [9.17, 15) is 9.59 Å². The van der Waals surface area contributed by atoms with Crippen LogP contribution in [0.2, 0.25) is 0 Å². The zero-order chi connectivity index (χ0) is 14.1. The molecule has 0 bridgehead atoms. The molecule has 1 aromatic heterocycles. The number of hydrogen-bond acceptors (Lipinski definition) is 6. The molecule has 102 valence electrons.